The number of benzene rings is 1. The molecule has 8 nitrogen and oxygen atoms in total. The van der Waals surface area contributed by atoms with E-state index >= 15 is 0 Å². The molecule has 26 heavy (non-hydrogen) atoms. The van der Waals surface area contributed by atoms with Crippen molar-refractivity contribution < 1.29 is 9.84 Å². The van der Waals surface area contributed by atoms with Crippen molar-refractivity contribution in [2.75, 3.05) is 30.9 Å². The number of nitrogens with one attached hydrogen (secondary N) is 1. The number of aromatic nitrogens is 4. The molecule has 1 aromatic carbocycles. The van der Waals surface area contributed by atoms with E-state index in [1.807, 2.05) is 35.7 Å². The van der Waals surface area contributed by atoms with Crippen LogP contribution in [-0.2, 0) is 11.3 Å². The number of phenols is 1. The van der Waals surface area contributed by atoms with E-state index in [9.17, 15) is 5.11 Å². The van der Waals surface area contributed by atoms with E-state index in [1.165, 1.54) is 0 Å². The maximum atomic E-state index is 9.63. The van der Waals surface area contributed by atoms with Crippen LogP contribution in [0.15, 0.2) is 30.6 Å². The van der Waals surface area contributed by atoms with E-state index in [0.29, 0.717) is 23.8 Å². The quantitative estimate of drug-likeness (QED) is 0.728. The molecule has 1 aliphatic heterocycles. The van der Waals surface area contributed by atoms with Crippen LogP contribution in [0.4, 0.5) is 11.8 Å². The third-order valence-electron chi connectivity index (χ3n) is 4.40. The Labute approximate surface area is 151 Å². The smallest absolute Gasteiger partial charge is 0.228 e. The van der Waals surface area contributed by atoms with Crippen LogP contribution >= 0.6 is 0 Å². The number of aromatic hydroxyl groups is 1. The van der Waals surface area contributed by atoms with Gasteiger partial charge in [0.05, 0.1) is 6.33 Å². The van der Waals surface area contributed by atoms with Gasteiger partial charge >= 0.3 is 0 Å². The van der Waals surface area contributed by atoms with Gasteiger partial charge in [-0.05, 0) is 30.5 Å². The average Bonchev–Trinajstić information content (AvgIpc) is 3.28. The van der Waals surface area contributed by atoms with E-state index in [2.05, 4.69) is 20.3 Å². The van der Waals surface area contributed by atoms with Crippen LogP contribution in [0.2, 0.25) is 0 Å². The molecule has 1 saturated heterocycles. The van der Waals surface area contributed by atoms with E-state index in [1.54, 1.807) is 18.5 Å². The highest BCUT2D eigenvalue weighted by Gasteiger charge is 2.22. The lowest BCUT2D eigenvalue weighted by Crippen LogP contribution is -2.15. The molecule has 2 N–H and O–H groups in total. The standard InChI is InChI=1S/C18H22N6O2/c1-23(2)18-21-16(19-10-12-5-3-6-13(25)9-12)15-17(22-18)24(11-20-15)14-7-4-8-26-14/h3,5-6,9,11,14,25H,4,7-8,10H2,1-2H3,(H,19,21,22). The Morgan fingerprint density at radius 3 is 2.96 bits per heavy atom. The third-order valence-corrected chi connectivity index (χ3v) is 4.40. The van der Waals surface area contributed by atoms with E-state index < -0.39 is 0 Å². The zero-order valence-electron chi connectivity index (χ0n) is 14.9. The SMILES string of the molecule is CN(C)c1nc(NCc2cccc(O)c2)c2ncn(C3CCCO3)c2n1. The molecule has 8 heteroatoms. The largest absolute Gasteiger partial charge is 0.508 e. The first-order chi connectivity index (χ1) is 12.6. The summed E-state index contributed by atoms with van der Waals surface area (Å²) < 4.78 is 7.77. The number of imidazole rings is 1. The second-order valence-electron chi connectivity index (χ2n) is 6.58. The Morgan fingerprint density at radius 1 is 1.35 bits per heavy atom. The van der Waals surface area contributed by atoms with Gasteiger partial charge in [-0.2, -0.15) is 9.97 Å². The Kier molecular flexibility index (Phi) is 4.34. The summed E-state index contributed by atoms with van der Waals surface area (Å²) in [7, 11) is 3.82. The van der Waals surface area contributed by atoms with Gasteiger partial charge in [0, 0.05) is 27.2 Å². The number of hydrogen-bond acceptors (Lipinski definition) is 7. The van der Waals surface area contributed by atoms with Crippen molar-refractivity contribution in [3.8, 4) is 5.75 Å². The summed E-state index contributed by atoms with van der Waals surface area (Å²) in [6.07, 6.45) is 3.75. The van der Waals surface area contributed by atoms with Gasteiger partial charge in [0.1, 0.15) is 12.0 Å². The van der Waals surface area contributed by atoms with Gasteiger partial charge in [0.15, 0.2) is 17.0 Å². The summed E-state index contributed by atoms with van der Waals surface area (Å²) in [5.41, 5.74) is 2.43. The molecule has 0 saturated carbocycles. The fourth-order valence-electron chi connectivity index (χ4n) is 3.07. The Hall–Kier alpha value is -2.87. The number of ether oxygens (including phenoxy) is 1. The van der Waals surface area contributed by atoms with Gasteiger partial charge in [-0.25, -0.2) is 4.98 Å². The van der Waals surface area contributed by atoms with Crippen molar-refractivity contribution in [3.05, 3.63) is 36.2 Å². The molecule has 0 aliphatic carbocycles. The lowest BCUT2D eigenvalue weighted by atomic mass is 10.2. The summed E-state index contributed by atoms with van der Waals surface area (Å²) in [5.74, 6) is 1.52. The van der Waals surface area contributed by atoms with Gasteiger partial charge in [-0.15, -0.1) is 0 Å². The first-order valence-electron chi connectivity index (χ1n) is 8.67. The number of rotatable bonds is 5. The van der Waals surface area contributed by atoms with Crippen molar-refractivity contribution in [3.63, 3.8) is 0 Å². The maximum Gasteiger partial charge on any atom is 0.228 e. The zero-order chi connectivity index (χ0) is 18.1. The molecule has 1 unspecified atom stereocenters. The van der Waals surface area contributed by atoms with Crippen LogP contribution in [0, 0.1) is 0 Å². The fraction of sp³-hybridized carbons (Fsp3) is 0.389. The minimum absolute atomic E-state index is 0.0242. The van der Waals surface area contributed by atoms with Crippen molar-refractivity contribution in [1.82, 2.24) is 19.5 Å². The molecule has 0 radical (unpaired) electrons. The molecule has 1 atom stereocenters. The summed E-state index contributed by atoms with van der Waals surface area (Å²) in [4.78, 5) is 15.7. The molecule has 1 aliphatic rings. The van der Waals surface area contributed by atoms with Crippen LogP contribution in [-0.4, -0.2) is 45.3 Å². The molecule has 0 spiro atoms. The van der Waals surface area contributed by atoms with Crippen LogP contribution in [0.3, 0.4) is 0 Å². The fourth-order valence-corrected chi connectivity index (χ4v) is 3.07. The molecule has 3 aromatic rings. The van der Waals surface area contributed by atoms with Gasteiger partial charge in [0.2, 0.25) is 5.95 Å². The van der Waals surface area contributed by atoms with E-state index in [-0.39, 0.29) is 12.0 Å². The number of anilines is 2. The topological polar surface area (TPSA) is 88.3 Å². The lowest BCUT2D eigenvalue weighted by molar-refractivity contribution is 0.0593. The highest BCUT2D eigenvalue weighted by atomic mass is 16.5. The van der Waals surface area contributed by atoms with Gasteiger partial charge in [-0.3, -0.25) is 4.57 Å². The predicted molar refractivity (Wildman–Crippen MR) is 99.3 cm³/mol. The van der Waals surface area contributed by atoms with Crippen molar-refractivity contribution in [2.45, 2.75) is 25.6 Å². The number of phenolic OH excluding ortho intramolecular Hbond substituents is 1. The second-order valence-corrected chi connectivity index (χ2v) is 6.58. The minimum atomic E-state index is -0.0242. The molecule has 0 bridgehead atoms. The molecular formula is C18H22N6O2. The summed E-state index contributed by atoms with van der Waals surface area (Å²) in [6, 6.07) is 7.14. The molecule has 1 fully saturated rings. The highest BCUT2D eigenvalue weighted by molar-refractivity contribution is 5.84. The van der Waals surface area contributed by atoms with Crippen molar-refractivity contribution in [2.24, 2.45) is 0 Å². The summed E-state index contributed by atoms with van der Waals surface area (Å²) in [5, 5.41) is 13.0. The monoisotopic (exact) mass is 354 g/mol. The van der Waals surface area contributed by atoms with Gasteiger partial charge < -0.3 is 20.1 Å². The van der Waals surface area contributed by atoms with Gasteiger partial charge in [0.25, 0.3) is 0 Å². The van der Waals surface area contributed by atoms with Crippen LogP contribution in [0.5, 0.6) is 5.75 Å². The Balaban J connectivity index is 1.70. The number of nitrogens with zero attached hydrogens (tertiary/aromatic N) is 5. The zero-order valence-corrected chi connectivity index (χ0v) is 14.9. The summed E-state index contributed by atoms with van der Waals surface area (Å²) >= 11 is 0. The van der Waals surface area contributed by atoms with Crippen LogP contribution in [0.25, 0.3) is 11.2 Å². The third kappa shape index (κ3) is 3.15. The number of fused-ring (bicyclic) bond motifs is 1. The Morgan fingerprint density at radius 2 is 2.23 bits per heavy atom. The molecule has 0 amide bonds. The first kappa shape index (κ1) is 16.6. The molecule has 136 valence electrons. The highest BCUT2D eigenvalue weighted by Crippen LogP contribution is 2.29. The molecular weight excluding hydrogens is 332 g/mol. The van der Waals surface area contributed by atoms with Crippen molar-refractivity contribution in [1.29, 1.82) is 0 Å². The predicted octanol–water partition coefficient (Wildman–Crippen LogP) is 2.52. The lowest BCUT2D eigenvalue weighted by Gasteiger charge is -2.15. The van der Waals surface area contributed by atoms with E-state index in [0.717, 1.165) is 30.7 Å². The number of hydrogen-bond donors (Lipinski definition) is 2. The molecule has 4 rings (SSSR count). The maximum absolute atomic E-state index is 9.63. The Bertz CT molecular complexity index is 917. The average molecular weight is 354 g/mol. The molecule has 3 heterocycles. The molecule has 2 aromatic heterocycles. The van der Waals surface area contributed by atoms with Gasteiger partial charge in [-0.1, -0.05) is 12.1 Å². The van der Waals surface area contributed by atoms with Crippen LogP contribution < -0.4 is 10.2 Å². The first-order valence-corrected chi connectivity index (χ1v) is 8.67. The minimum Gasteiger partial charge on any atom is -0.508 e. The van der Waals surface area contributed by atoms with E-state index in [4.69, 9.17) is 4.74 Å². The normalized spacial score (nSPS) is 16.9. The van der Waals surface area contributed by atoms with Crippen molar-refractivity contribution >= 4 is 22.9 Å². The summed E-state index contributed by atoms with van der Waals surface area (Å²) in [6.45, 7) is 1.29. The second kappa shape index (κ2) is 6.80. The van der Waals surface area contributed by atoms with Crippen LogP contribution in [0.1, 0.15) is 24.6 Å².